The van der Waals surface area contributed by atoms with Gasteiger partial charge in [0.05, 0.1) is 12.2 Å². The maximum Gasteiger partial charge on any atom is 0.419 e. The molecule has 0 radical (unpaired) electrons. The molecule has 0 heterocycles. The van der Waals surface area contributed by atoms with Crippen molar-refractivity contribution in [1.82, 2.24) is 0 Å². The Bertz CT molecular complexity index is 551. The summed E-state index contributed by atoms with van der Waals surface area (Å²) in [5.41, 5.74) is -0.664. The Labute approximate surface area is 133 Å². The molecular formula is C17H21F3O3. The molecule has 23 heavy (non-hydrogen) atoms. The molecule has 1 saturated carbocycles. The van der Waals surface area contributed by atoms with E-state index in [2.05, 4.69) is 0 Å². The van der Waals surface area contributed by atoms with Crippen LogP contribution < -0.4 is 4.74 Å². The molecule has 0 aromatic heterocycles. The Morgan fingerprint density at radius 1 is 1.35 bits per heavy atom. The van der Waals surface area contributed by atoms with Crippen molar-refractivity contribution >= 4 is 5.78 Å². The van der Waals surface area contributed by atoms with E-state index in [9.17, 15) is 18.0 Å². The summed E-state index contributed by atoms with van der Waals surface area (Å²) in [7, 11) is 1.42. The molecule has 1 unspecified atom stereocenters. The monoisotopic (exact) mass is 330 g/mol. The molecular weight excluding hydrogens is 309 g/mol. The second-order valence-corrected chi connectivity index (χ2v) is 5.84. The first-order valence-electron chi connectivity index (χ1n) is 7.77. The quantitative estimate of drug-likeness (QED) is 0.659. The maximum absolute atomic E-state index is 13.1. The molecule has 1 aliphatic rings. The van der Waals surface area contributed by atoms with Crippen molar-refractivity contribution in [2.24, 2.45) is 5.92 Å². The fourth-order valence-corrected chi connectivity index (χ4v) is 2.33. The number of halogens is 3. The van der Waals surface area contributed by atoms with E-state index in [1.807, 2.05) is 6.92 Å². The summed E-state index contributed by atoms with van der Waals surface area (Å²) in [6.07, 6.45) is -1.94. The normalized spacial score (nSPS) is 16.2. The lowest BCUT2D eigenvalue weighted by Gasteiger charge is -2.17. The minimum atomic E-state index is -4.51. The number of ketones is 1. The summed E-state index contributed by atoms with van der Waals surface area (Å²) in [4.78, 5) is 12.4. The van der Waals surface area contributed by atoms with E-state index >= 15 is 0 Å². The molecule has 3 nitrogen and oxygen atoms in total. The van der Waals surface area contributed by atoms with Gasteiger partial charge in [-0.2, -0.15) is 13.2 Å². The molecule has 1 atom stereocenters. The first kappa shape index (κ1) is 17.8. The predicted octanol–water partition coefficient (Wildman–Crippen LogP) is 4.49. The summed E-state index contributed by atoms with van der Waals surface area (Å²) in [5.74, 6) is -0.275. The maximum atomic E-state index is 13.1. The second kappa shape index (κ2) is 7.34. The molecule has 0 aliphatic heterocycles. The van der Waals surface area contributed by atoms with Crippen molar-refractivity contribution in [2.45, 2.75) is 44.9 Å². The summed E-state index contributed by atoms with van der Waals surface area (Å²) in [6, 6.07) is 3.29. The Kier molecular flexibility index (Phi) is 5.68. The zero-order chi connectivity index (χ0) is 17.0. The summed E-state index contributed by atoms with van der Waals surface area (Å²) >= 11 is 0. The van der Waals surface area contributed by atoms with Crippen LogP contribution in [-0.4, -0.2) is 25.6 Å². The molecule has 1 aromatic carbocycles. The number of benzene rings is 1. The van der Waals surface area contributed by atoms with E-state index in [-0.39, 0.29) is 23.7 Å². The van der Waals surface area contributed by atoms with Gasteiger partial charge in [0.2, 0.25) is 0 Å². The number of Topliss-reactive ketones (excluding diaryl/α,β-unsaturated/α-hetero) is 1. The first-order valence-corrected chi connectivity index (χ1v) is 7.77. The van der Waals surface area contributed by atoms with E-state index < -0.39 is 17.8 Å². The van der Waals surface area contributed by atoms with Crippen molar-refractivity contribution in [1.29, 1.82) is 0 Å². The number of carbonyl (C=O) groups is 1. The van der Waals surface area contributed by atoms with Gasteiger partial charge >= 0.3 is 6.18 Å². The van der Waals surface area contributed by atoms with Crippen LogP contribution in [0.25, 0.3) is 0 Å². The van der Waals surface area contributed by atoms with Crippen LogP contribution in [0.4, 0.5) is 13.2 Å². The Balaban J connectivity index is 2.26. The number of alkyl halides is 3. The lowest BCUT2D eigenvalue weighted by molar-refractivity contribution is -0.139. The number of rotatable bonds is 8. The SMILES string of the molecule is CCCC(OC)C(=O)c1ccc(C(F)(F)F)c(OCC2CC2)c1. The minimum Gasteiger partial charge on any atom is -0.493 e. The minimum absolute atomic E-state index is 0.184. The first-order chi connectivity index (χ1) is 10.9. The molecule has 0 saturated heterocycles. The van der Waals surface area contributed by atoms with Gasteiger partial charge in [-0.15, -0.1) is 0 Å². The molecule has 0 amide bonds. The lowest BCUT2D eigenvalue weighted by atomic mass is 10.0. The van der Waals surface area contributed by atoms with Crippen molar-refractivity contribution in [2.75, 3.05) is 13.7 Å². The molecule has 1 aromatic rings. The molecule has 0 bridgehead atoms. The highest BCUT2D eigenvalue weighted by atomic mass is 19.4. The predicted molar refractivity (Wildman–Crippen MR) is 79.7 cm³/mol. The number of hydrogen-bond donors (Lipinski definition) is 0. The zero-order valence-corrected chi connectivity index (χ0v) is 13.3. The summed E-state index contributed by atoms with van der Waals surface area (Å²) < 4.78 is 49.7. The third kappa shape index (κ3) is 4.70. The van der Waals surface area contributed by atoms with E-state index in [1.54, 1.807) is 0 Å². The topological polar surface area (TPSA) is 35.5 Å². The average molecular weight is 330 g/mol. The number of ether oxygens (including phenoxy) is 2. The van der Waals surface area contributed by atoms with Crippen molar-refractivity contribution in [3.8, 4) is 5.75 Å². The van der Waals surface area contributed by atoms with E-state index in [0.29, 0.717) is 12.3 Å². The van der Waals surface area contributed by atoms with Crippen LogP contribution in [0.1, 0.15) is 48.5 Å². The van der Waals surface area contributed by atoms with Gasteiger partial charge in [0.25, 0.3) is 0 Å². The van der Waals surface area contributed by atoms with E-state index in [0.717, 1.165) is 25.3 Å². The van der Waals surface area contributed by atoms with Gasteiger partial charge in [-0.05, 0) is 37.3 Å². The van der Waals surface area contributed by atoms with Crippen LogP contribution >= 0.6 is 0 Å². The van der Waals surface area contributed by atoms with E-state index in [4.69, 9.17) is 9.47 Å². The second-order valence-electron chi connectivity index (χ2n) is 5.84. The smallest absolute Gasteiger partial charge is 0.419 e. The molecule has 1 fully saturated rings. The van der Waals surface area contributed by atoms with E-state index in [1.165, 1.54) is 19.2 Å². The molecule has 0 N–H and O–H groups in total. The fraction of sp³-hybridized carbons (Fsp3) is 0.588. The van der Waals surface area contributed by atoms with Crippen LogP contribution in [0.3, 0.4) is 0 Å². The fourth-order valence-electron chi connectivity index (χ4n) is 2.33. The third-order valence-electron chi connectivity index (χ3n) is 3.87. The van der Waals surface area contributed by atoms with Gasteiger partial charge in [0, 0.05) is 12.7 Å². The van der Waals surface area contributed by atoms with Gasteiger partial charge in [0.15, 0.2) is 5.78 Å². The highest BCUT2D eigenvalue weighted by molar-refractivity contribution is 5.99. The standard InChI is InChI=1S/C17H21F3O3/c1-3-4-14(22-2)16(21)12-7-8-13(17(18,19)20)15(9-12)23-10-11-5-6-11/h7-9,11,14H,3-6,10H2,1-2H3. The number of carbonyl (C=O) groups excluding carboxylic acids is 1. The van der Waals surface area contributed by atoms with Crippen LogP contribution in [-0.2, 0) is 10.9 Å². The average Bonchev–Trinajstić information content (AvgIpc) is 3.33. The van der Waals surface area contributed by atoms with Gasteiger partial charge in [-0.3, -0.25) is 4.79 Å². The van der Waals surface area contributed by atoms with Gasteiger partial charge in [-0.1, -0.05) is 19.4 Å². The van der Waals surface area contributed by atoms with Crippen molar-refractivity contribution in [3.63, 3.8) is 0 Å². The summed E-state index contributed by atoms with van der Waals surface area (Å²) in [6.45, 7) is 2.17. The van der Waals surface area contributed by atoms with Crippen LogP contribution in [0.2, 0.25) is 0 Å². The highest BCUT2D eigenvalue weighted by Crippen LogP contribution is 2.38. The van der Waals surface area contributed by atoms with Crippen LogP contribution in [0.5, 0.6) is 5.75 Å². The molecule has 0 spiro atoms. The Hall–Kier alpha value is -1.56. The Morgan fingerprint density at radius 2 is 2.04 bits per heavy atom. The Morgan fingerprint density at radius 3 is 2.57 bits per heavy atom. The molecule has 6 heteroatoms. The van der Waals surface area contributed by atoms with Gasteiger partial charge < -0.3 is 9.47 Å². The molecule has 1 aliphatic carbocycles. The zero-order valence-electron chi connectivity index (χ0n) is 13.3. The summed E-state index contributed by atoms with van der Waals surface area (Å²) in [5, 5.41) is 0. The van der Waals surface area contributed by atoms with Crippen molar-refractivity contribution < 1.29 is 27.4 Å². The van der Waals surface area contributed by atoms with Gasteiger partial charge in [-0.25, -0.2) is 0 Å². The third-order valence-corrected chi connectivity index (χ3v) is 3.87. The largest absolute Gasteiger partial charge is 0.493 e. The van der Waals surface area contributed by atoms with Gasteiger partial charge in [0.1, 0.15) is 11.9 Å². The number of methoxy groups -OCH3 is 1. The molecule has 128 valence electrons. The number of hydrogen-bond acceptors (Lipinski definition) is 3. The lowest BCUT2D eigenvalue weighted by Crippen LogP contribution is -2.23. The van der Waals surface area contributed by atoms with Crippen LogP contribution in [0.15, 0.2) is 18.2 Å². The van der Waals surface area contributed by atoms with Crippen LogP contribution in [0, 0.1) is 5.92 Å². The van der Waals surface area contributed by atoms with Crippen molar-refractivity contribution in [3.05, 3.63) is 29.3 Å². The molecule has 2 rings (SSSR count). The highest BCUT2D eigenvalue weighted by Gasteiger charge is 2.35.